The van der Waals surface area contributed by atoms with Gasteiger partial charge < -0.3 is 10.6 Å². The summed E-state index contributed by atoms with van der Waals surface area (Å²) >= 11 is 7.21. The van der Waals surface area contributed by atoms with Crippen molar-refractivity contribution < 1.29 is 9.59 Å². The van der Waals surface area contributed by atoms with Crippen molar-refractivity contribution in [2.24, 2.45) is 0 Å². The molecule has 2 aromatic rings. The molecule has 1 saturated carbocycles. The monoisotopic (exact) mass is 392 g/mol. The fraction of sp³-hybridized carbons (Fsp3) is 0.389. The van der Waals surface area contributed by atoms with Crippen molar-refractivity contribution in [3.05, 3.63) is 40.4 Å². The SMILES string of the molecule is O=C(Cc1csc(NC(=O)NC2CCCCC2)n1)Nc1cccc(Cl)c1. The summed E-state index contributed by atoms with van der Waals surface area (Å²) in [6, 6.07) is 6.98. The van der Waals surface area contributed by atoms with E-state index in [2.05, 4.69) is 20.9 Å². The maximum absolute atomic E-state index is 12.1. The Balaban J connectivity index is 1.47. The van der Waals surface area contributed by atoms with Gasteiger partial charge in [0.15, 0.2) is 5.13 Å². The summed E-state index contributed by atoms with van der Waals surface area (Å²) in [7, 11) is 0. The Morgan fingerprint density at radius 3 is 2.77 bits per heavy atom. The average molecular weight is 393 g/mol. The second-order valence-electron chi connectivity index (χ2n) is 6.31. The number of carbonyl (C=O) groups excluding carboxylic acids is 2. The first-order chi connectivity index (χ1) is 12.6. The van der Waals surface area contributed by atoms with Gasteiger partial charge in [0, 0.05) is 22.1 Å². The van der Waals surface area contributed by atoms with Gasteiger partial charge in [0.05, 0.1) is 12.1 Å². The van der Waals surface area contributed by atoms with Crippen molar-refractivity contribution in [2.75, 3.05) is 10.6 Å². The van der Waals surface area contributed by atoms with Crippen molar-refractivity contribution in [1.29, 1.82) is 0 Å². The summed E-state index contributed by atoms with van der Waals surface area (Å²) in [5, 5.41) is 11.3. The molecule has 1 aliphatic carbocycles. The molecule has 1 aromatic carbocycles. The summed E-state index contributed by atoms with van der Waals surface area (Å²) < 4.78 is 0. The number of benzene rings is 1. The molecular formula is C18H21ClN4O2S. The van der Waals surface area contributed by atoms with Gasteiger partial charge in [0.25, 0.3) is 0 Å². The van der Waals surface area contributed by atoms with E-state index in [4.69, 9.17) is 11.6 Å². The molecule has 138 valence electrons. The second-order valence-corrected chi connectivity index (χ2v) is 7.61. The lowest BCUT2D eigenvalue weighted by atomic mass is 9.96. The van der Waals surface area contributed by atoms with Crippen molar-refractivity contribution in [2.45, 2.75) is 44.6 Å². The average Bonchev–Trinajstić information content (AvgIpc) is 3.02. The van der Waals surface area contributed by atoms with E-state index in [1.165, 1.54) is 17.8 Å². The summed E-state index contributed by atoms with van der Waals surface area (Å²) in [5.41, 5.74) is 1.26. The molecule has 3 N–H and O–H groups in total. The number of hydrogen-bond donors (Lipinski definition) is 3. The Kier molecular flexibility index (Phi) is 6.46. The van der Waals surface area contributed by atoms with Crippen LogP contribution in [-0.2, 0) is 11.2 Å². The van der Waals surface area contributed by atoms with Gasteiger partial charge in [0.2, 0.25) is 5.91 Å². The third-order valence-electron chi connectivity index (χ3n) is 4.16. The van der Waals surface area contributed by atoms with E-state index in [-0.39, 0.29) is 24.4 Å². The quantitative estimate of drug-likeness (QED) is 0.703. The number of thiazole rings is 1. The first kappa shape index (κ1) is 18.7. The number of amides is 3. The highest BCUT2D eigenvalue weighted by Gasteiger charge is 2.16. The first-order valence-corrected chi connectivity index (χ1v) is 9.91. The molecule has 0 spiro atoms. The van der Waals surface area contributed by atoms with Gasteiger partial charge in [-0.3, -0.25) is 10.1 Å². The summed E-state index contributed by atoms with van der Waals surface area (Å²) in [5.74, 6) is -0.184. The van der Waals surface area contributed by atoms with Crippen LogP contribution in [0.5, 0.6) is 0 Å². The number of halogens is 1. The largest absolute Gasteiger partial charge is 0.335 e. The lowest BCUT2D eigenvalue weighted by Gasteiger charge is -2.22. The van der Waals surface area contributed by atoms with Gasteiger partial charge in [-0.15, -0.1) is 11.3 Å². The third kappa shape index (κ3) is 5.71. The van der Waals surface area contributed by atoms with E-state index in [0.29, 0.717) is 21.5 Å². The number of aromatic nitrogens is 1. The molecule has 1 heterocycles. The van der Waals surface area contributed by atoms with Gasteiger partial charge in [0.1, 0.15) is 0 Å². The molecular weight excluding hydrogens is 372 g/mol. The molecule has 0 radical (unpaired) electrons. The molecule has 0 saturated heterocycles. The fourth-order valence-corrected chi connectivity index (χ4v) is 3.84. The molecule has 26 heavy (non-hydrogen) atoms. The molecule has 1 aliphatic rings. The van der Waals surface area contributed by atoms with Crippen molar-refractivity contribution in [1.82, 2.24) is 10.3 Å². The van der Waals surface area contributed by atoms with Crippen LogP contribution in [0.15, 0.2) is 29.6 Å². The number of nitrogens with one attached hydrogen (secondary N) is 3. The van der Waals surface area contributed by atoms with Gasteiger partial charge in [-0.05, 0) is 31.0 Å². The lowest BCUT2D eigenvalue weighted by molar-refractivity contribution is -0.115. The maximum Gasteiger partial charge on any atom is 0.321 e. The van der Waals surface area contributed by atoms with E-state index < -0.39 is 0 Å². The Morgan fingerprint density at radius 1 is 1.19 bits per heavy atom. The predicted octanol–water partition coefficient (Wildman–Crippen LogP) is 4.43. The molecule has 1 aromatic heterocycles. The number of anilines is 2. The van der Waals surface area contributed by atoms with Gasteiger partial charge in [-0.2, -0.15) is 0 Å². The van der Waals surface area contributed by atoms with Crippen molar-refractivity contribution in [3.8, 4) is 0 Å². The van der Waals surface area contributed by atoms with Crippen molar-refractivity contribution in [3.63, 3.8) is 0 Å². The van der Waals surface area contributed by atoms with Crippen LogP contribution in [0.3, 0.4) is 0 Å². The van der Waals surface area contributed by atoms with Crippen LogP contribution in [0.1, 0.15) is 37.8 Å². The van der Waals surface area contributed by atoms with E-state index in [0.717, 1.165) is 25.7 Å². The third-order valence-corrected chi connectivity index (χ3v) is 5.20. The molecule has 1 fully saturated rings. The van der Waals surface area contributed by atoms with E-state index in [1.54, 1.807) is 29.6 Å². The van der Waals surface area contributed by atoms with Crippen LogP contribution in [0.4, 0.5) is 15.6 Å². The number of urea groups is 1. The summed E-state index contributed by atoms with van der Waals surface area (Å²) in [6.45, 7) is 0. The molecule has 0 atom stereocenters. The van der Waals surface area contributed by atoms with Crippen LogP contribution in [0, 0.1) is 0 Å². The van der Waals surface area contributed by atoms with Crippen molar-refractivity contribution >= 4 is 45.7 Å². The van der Waals surface area contributed by atoms with Gasteiger partial charge >= 0.3 is 6.03 Å². The highest BCUT2D eigenvalue weighted by Crippen LogP contribution is 2.19. The highest BCUT2D eigenvalue weighted by atomic mass is 35.5. The minimum Gasteiger partial charge on any atom is -0.335 e. The Hall–Kier alpha value is -2.12. The highest BCUT2D eigenvalue weighted by molar-refractivity contribution is 7.13. The standard InChI is InChI=1S/C18H21ClN4O2S/c19-12-5-4-8-14(9-12)20-16(24)10-15-11-26-18(22-15)23-17(25)21-13-6-2-1-3-7-13/h4-5,8-9,11,13H,1-3,6-7,10H2,(H,20,24)(H2,21,22,23,25). The van der Waals surface area contributed by atoms with Crippen LogP contribution < -0.4 is 16.0 Å². The number of hydrogen-bond acceptors (Lipinski definition) is 4. The van der Waals surface area contributed by atoms with Crippen LogP contribution >= 0.6 is 22.9 Å². The Morgan fingerprint density at radius 2 is 2.00 bits per heavy atom. The lowest BCUT2D eigenvalue weighted by Crippen LogP contribution is -2.39. The Bertz CT molecular complexity index is 774. The number of nitrogens with zero attached hydrogens (tertiary/aromatic N) is 1. The molecule has 0 bridgehead atoms. The van der Waals surface area contributed by atoms with Crippen LogP contribution in [0.25, 0.3) is 0 Å². The second kappa shape index (κ2) is 9.00. The fourth-order valence-electron chi connectivity index (χ4n) is 2.95. The normalized spacial score (nSPS) is 14.7. The van der Waals surface area contributed by atoms with Crippen LogP contribution in [0.2, 0.25) is 5.02 Å². The zero-order chi connectivity index (χ0) is 18.4. The summed E-state index contributed by atoms with van der Waals surface area (Å²) in [4.78, 5) is 28.4. The molecule has 3 amide bonds. The zero-order valence-corrected chi connectivity index (χ0v) is 15.8. The van der Waals surface area contributed by atoms with Gasteiger partial charge in [-0.1, -0.05) is 36.9 Å². The molecule has 6 nitrogen and oxygen atoms in total. The number of carbonyl (C=O) groups is 2. The maximum atomic E-state index is 12.1. The van der Waals surface area contributed by atoms with E-state index in [9.17, 15) is 9.59 Å². The first-order valence-electron chi connectivity index (χ1n) is 8.66. The molecule has 3 rings (SSSR count). The van der Waals surface area contributed by atoms with Gasteiger partial charge in [-0.25, -0.2) is 9.78 Å². The smallest absolute Gasteiger partial charge is 0.321 e. The number of rotatable bonds is 5. The van der Waals surface area contributed by atoms with E-state index >= 15 is 0 Å². The molecule has 8 heteroatoms. The Labute approximate surface area is 161 Å². The minimum absolute atomic E-state index is 0.134. The van der Waals surface area contributed by atoms with Crippen LogP contribution in [-0.4, -0.2) is 23.0 Å². The predicted molar refractivity (Wildman–Crippen MR) is 105 cm³/mol. The summed E-state index contributed by atoms with van der Waals surface area (Å²) in [6.07, 6.45) is 5.75. The molecule has 0 unspecified atom stereocenters. The minimum atomic E-state index is -0.235. The van der Waals surface area contributed by atoms with E-state index in [1.807, 2.05) is 0 Å². The molecule has 0 aliphatic heterocycles. The topological polar surface area (TPSA) is 83.1 Å². The zero-order valence-electron chi connectivity index (χ0n) is 14.3.